The Hall–Kier alpha value is -2.16. The molecule has 1 aromatic rings. The summed E-state index contributed by atoms with van der Waals surface area (Å²) in [7, 11) is -3.73. The normalized spacial score (nSPS) is 17.1. The number of carbonyl (C=O) groups excluding carboxylic acids is 1. The van der Waals surface area contributed by atoms with Crippen LogP contribution in [-0.2, 0) is 14.8 Å². The third-order valence-electron chi connectivity index (χ3n) is 3.20. The highest BCUT2D eigenvalue weighted by molar-refractivity contribution is 7.89. The summed E-state index contributed by atoms with van der Waals surface area (Å²) in [6.07, 6.45) is 3.33. The van der Waals surface area contributed by atoms with Crippen LogP contribution in [0.3, 0.4) is 0 Å². The average molecular weight is 312 g/mol. The minimum atomic E-state index is -3.73. The molecule has 0 radical (unpaired) electrons. The largest absolute Gasteiger partial charge is 0.363 e. The molecule has 1 fully saturated rings. The van der Waals surface area contributed by atoms with Gasteiger partial charge in [0.15, 0.2) is 6.20 Å². The van der Waals surface area contributed by atoms with E-state index in [0.717, 1.165) is 18.3 Å². The molecule has 0 aromatic carbocycles. The van der Waals surface area contributed by atoms with Crippen LogP contribution in [0.2, 0.25) is 0 Å². The van der Waals surface area contributed by atoms with E-state index in [1.54, 1.807) is 0 Å². The van der Waals surface area contributed by atoms with Gasteiger partial charge in [0, 0.05) is 19.2 Å². The lowest BCUT2D eigenvalue weighted by Gasteiger charge is -2.28. The predicted octanol–water partition coefficient (Wildman–Crippen LogP) is 0.479. The van der Waals surface area contributed by atoms with Gasteiger partial charge in [-0.2, -0.15) is 4.31 Å². The van der Waals surface area contributed by atoms with Crippen molar-refractivity contribution in [3.63, 3.8) is 0 Å². The Morgan fingerprint density at radius 3 is 2.52 bits per heavy atom. The van der Waals surface area contributed by atoms with Gasteiger partial charge in [0.25, 0.3) is 0 Å². The highest BCUT2D eigenvalue weighted by atomic mass is 32.2. The van der Waals surface area contributed by atoms with E-state index in [4.69, 9.17) is 0 Å². The molecule has 112 valence electrons. The molecular formula is C11H12N4O5S. The monoisotopic (exact) mass is 312 g/mol. The maximum absolute atomic E-state index is 12.3. The number of hydrogen-bond donors (Lipinski definition) is 0. The lowest BCUT2D eigenvalue weighted by Crippen LogP contribution is -2.39. The van der Waals surface area contributed by atoms with Crippen LogP contribution in [0.4, 0.5) is 5.82 Å². The summed E-state index contributed by atoms with van der Waals surface area (Å²) in [5, 5.41) is 10.5. The smallest absolute Gasteiger partial charge is 0.358 e. The number of piperidine rings is 1. The van der Waals surface area contributed by atoms with Gasteiger partial charge in [-0.05, 0) is 28.8 Å². The second-order valence-corrected chi connectivity index (χ2v) is 6.40. The molecule has 2 rings (SSSR count). The van der Waals surface area contributed by atoms with Crippen molar-refractivity contribution >= 4 is 21.9 Å². The van der Waals surface area contributed by atoms with E-state index < -0.39 is 20.8 Å². The van der Waals surface area contributed by atoms with Gasteiger partial charge in [-0.3, -0.25) is 0 Å². The van der Waals surface area contributed by atoms with E-state index in [9.17, 15) is 23.3 Å². The minimum absolute atomic E-state index is 0.0922. The van der Waals surface area contributed by atoms with Crippen LogP contribution in [0, 0.1) is 10.1 Å². The standard InChI is InChI=1S/C11H12N4O5S/c16-8-13-9-3-5-14(6-4-9)21(19,20)10-1-2-11(12-7-10)15(17)18/h1-2,7,9H,3-6H2. The highest BCUT2D eigenvalue weighted by Crippen LogP contribution is 2.22. The van der Waals surface area contributed by atoms with Gasteiger partial charge >= 0.3 is 5.82 Å². The van der Waals surface area contributed by atoms with Crippen molar-refractivity contribution in [2.75, 3.05) is 13.1 Å². The van der Waals surface area contributed by atoms with Crippen LogP contribution in [0.25, 0.3) is 0 Å². The Kier molecular flexibility index (Phi) is 4.41. The Balaban J connectivity index is 2.15. The number of nitro groups is 1. The molecule has 1 aromatic heterocycles. The summed E-state index contributed by atoms with van der Waals surface area (Å²) < 4.78 is 25.9. The van der Waals surface area contributed by atoms with Crippen molar-refractivity contribution in [2.24, 2.45) is 4.99 Å². The number of rotatable bonds is 4. The van der Waals surface area contributed by atoms with E-state index in [1.165, 1.54) is 10.4 Å². The zero-order chi connectivity index (χ0) is 15.5. The molecule has 2 heterocycles. The Morgan fingerprint density at radius 2 is 2.05 bits per heavy atom. The van der Waals surface area contributed by atoms with E-state index in [1.807, 2.05) is 0 Å². The third-order valence-corrected chi connectivity index (χ3v) is 5.09. The van der Waals surface area contributed by atoms with Gasteiger partial charge in [-0.15, -0.1) is 0 Å². The van der Waals surface area contributed by atoms with Crippen LogP contribution in [-0.4, -0.2) is 47.8 Å². The number of aromatic nitrogens is 1. The quantitative estimate of drug-likeness (QED) is 0.345. The van der Waals surface area contributed by atoms with E-state index in [-0.39, 0.29) is 24.0 Å². The Labute approximate surface area is 120 Å². The molecule has 9 nitrogen and oxygen atoms in total. The third kappa shape index (κ3) is 3.30. The fourth-order valence-electron chi connectivity index (χ4n) is 2.07. The summed E-state index contributed by atoms with van der Waals surface area (Å²) in [6, 6.07) is 2.01. The molecule has 0 bridgehead atoms. The van der Waals surface area contributed by atoms with E-state index in [2.05, 4.69) is 9.98 Å². The number of nitrogens with zero attached hydrogens (tertiary/aromatic N) is 4. The van der Waals surface area contributed by atoms with Crippen molar-refractivity contribution < 1.29 is 18.1 Å². The first-order valence-corrected chi connectivity index (χ1v) is 7.56. The molecule has 21 heavy (non-hydrogen) atoms. The van der Waals surface area contributed by atoms with Crippen LogP contribution in [0.1, 0.15) is 12.8 Å². The number of hydrogen-bond acceptors (Lipinski definition) is 7. The van der Waals surface area contributed by atoms with Gasteiger partial charge in [0.05, 0.1) is 6.04 Å². The molecule has 10 heteroatoms. The number of aliphatic imine (C=N–C) groups is 1. The van der Waals surface area contributed by atoms with Gasteiger partial charge in [-0.1, -0.05) is 0 Å². The average Bonchev–Trinajstić information content (AvgIpc) is 2.48. The van der Waals surface area contributed by atoms with Gasteiger partial charge < -0.3 is 10.1 Å². The maximum atomic E-state index is 12.3. The SMILES string of the molecule is O=C=NC1CCN(S(=O)(=O)c2ccc([N+](=O)[O-])nc2)CC1. The highest BCUT2D eigenvalue weighted by Gasteiger charge is 2.30. The summed E-state index contributed by atoms with van der Waals surface area (Å²) in [4.78, 5) is 27.0. The number of pyridine rings is 1. The molecule has 0 unspecified atom stereocenters. The number of isocyanates is 1. The van der Waals surface area contributed by atoms with Crippen LogP contribution >= 0.6 is 0 Å². The zero-order valence-corrected chi connectivity index (χ0v) is 11.7. The molecular weight excluding hydrogens is 300 g/mol. The topological polar surface area (TPSA) is 123 Å². The molecule has 0 N–H and O–H groups in total. The zero-order valence-electron chi connectivity index (χ0n) is 10.9. The lowest BCUT2D eigenvalue weighted by molar-refractivity contribution is -0.389. The first-order valence-electron chi connectivity index (χ1n) is 6.12. The predicted molar refractivity (Wildman–Crippen MR) is 70.8 cm³/mol. The molecule has 1 aliphatic rings. The van der Waals surface area contributed by atoms with Crippen molar-refractivity contribution in [3.05, 3.63) is 28.4 Å². The molecule has 1 saturated heterocycles. The summed E-state index contributed by atoms with van der Waals surface area (Å²) in [5.74, 6) is -0.409. The van der Waals surface area contributed by atoms with E-state index in [0.29, 0.717) is 12.8 Å². The molecule has 0 spiro atoms. The van der Waals surface area contributed by atoms with Crippen molar-refractivity contribution in [3.8, 4) is 0 Å². The Morgan fingerprint density at radius 1 is 1.38 bits per heavy atom. The molecule has 1 aliphatic heterocycles. The lowest BCUT2D eigenvalue weighted by atomic mass is 10.1. The number of sulfonamides is 1. The molecule has 0 saturated carbocycles. The van der Waals surface area contributed by atoms with Crippen molar-refractivity contribution in [2.45, 2.75) is 23.8 Å². The van der Waals surface area contributed by atoms with Crippen molar-refractivity contribution in [1.82, 2.24) is 9.29 Å². The summed E-state index contributed by atoms with van der Waals surface area (Å²) >= 11 is 0. The van der Waals surface area contributed by atoms with Crippen LogP contribution in [0.5, 0.6) is 0 Å². The fraction of sp³-hybridized carbons (Fsp3) is 0.455. The Bertz CT molecular complexity index is 673. The summed E-state index contributed by atoms with van der Waals surface area (Å²) in [5.41, 5.74) is 0. The first-order chi connectivity index (χ1) is 9.95. The minimum Gasteiger partial charge on any atom is -0.358 e. The maximum Gasteiger partial charge on any atom is 0.363 e. The molecule has 0 aliphatic carbocycles. The van der Waals surface area contributed by atoms with Crippen molar-refractivity contribution in [1.29, 1.82) is 0 Å². The second kappa shape index (κ2) is 6.08. The first kappa shape index (κ1) is 15.2. The molecule has 0 amide bonds. The van der Waals surface area contributed by atoms with Gasteiger partial charge in [0.1, 0.15) is 4.90 Å². The summed E-state index contributed by atoms with van der Waals surface area (Å²) in [6.45, 7) is 0.463. The van der Waals surface area contributed by atoms with E-state index >= 15 is 0 Å². The van der Waals surface area contributed by atoms with Gasteiger partial charge in [0.2, 0.25) is 16.1 Å². The second-order valence-electron chi connectivity index (χ2n) is 4.46. The fourth-order valence-corrected chi connectivity index (χ4v) is 3.48. The molecule has 0 atom stereocenters. The van der Waals surface area contributed by atoms with Gasteiger partial charge in [-0.25, -0.2) is 18.2 Å². The van der Waals surface area contributed by atoms with Crippen LogP contribution in [0.15, 0.2) is 28.2 Å². The van der Waals surface area contributed by atoms with Crippen LogP contribution < -0.4 is 0 Å².